The van der Waals surface area contributed by atoms with Crippen LogP contribution in [0.2, 0.25) is 5.02 Å². The molecule has 4 nitrogen and oxygen atoms in total. The van der Waals surface area contributed by atoms with E-state index in [1.165, 1.54) is 37.5 Å². The first-order valence-corrected chi connectivity index (χ1v) is 8.76. The van der Waals surface area contributed by atoms with Crippen molar-refractivity contribution >= 4 is 40.0 Å². The maximum Gasteiger partial charge on any atom is 0.129 e. The van der Waals surface area contributed by atoms with E-state index in [1.807, 2.05) is 12.1 Å². The van der Waals surface area contributed by atoms with Crippen molar-refractivity contribution in [2.75, 3.05) is 24.5 Å². The third-order valence-electron chi connectivity index (χ3n) is 4.83. The molecule has 0 N–H and O–H groups in total. The van der Waals surface area contributed by atoms with E-state index >= 15 is 0 Å². The molecule has 2 unspecified atom stereocenters. The average molecular weight is 323 g/mol. The monoisotopic (exact) mass is 322 g/mol. The second-order valence-corrected chi connectivity index (χ2v) is 7.11. The van der Waals surface area contributed by atoms with Gasteiger partial charge in [0.05, 0.1) is 22.4 Å². The average Bonchev–Trinajstić information content (AvgIpc) is 2.95. The van der Waals surface area contributed by atoms with Gasteiger partial charge in [-0.15, -0.1) is 0 Å². The largest absolute Gasteiger partial charge is 0.363 e. The Morgan fingerprint density at radius 1 is 1.24 bits per heavy atom. The second-order valence-electron chi connectivity index (χ2n) is 6.17. The van der Waals surface area contributed by atoms with Gasteiger partial charge in [-0.05, 0) is 38.4 Å². The zero-order valence-electron chi connectivity index (χ0n) is 12.1. The van der Waals surface area contributed by atoms with Gasteiger partial charge in [-0.3, -0.25) is 4.90 Å². The fourth-order valence-corrected chi connectivity index (χ4v) is 4.55. The molecule has 21 heavy (non-hydrogen) atoms. The molecule has 0 saturated carbocycles. The van der Waals surface area contributed by atoms with Crippen LogP contribution in [0.5, 0.6) is 0 Å². The summed E-state index contributed by atoms with van der Waals surface area (Å²) in [5.74, 6) is 0. The molecule has 0 amide bonds. The van der Waals surface area contributed by atoms with Gasteiger partial charge < -0.3 is 4.90 Å². The van der Waals surface area contributed by atoms with E-state index < -0.39 is 0 Å². The molecule has 0 aliphatic carbocycles. The molecule has 2 saturated heterocycles. The molecule has 2 aliphatic rings. The molecular weight excluding hydrogens is 304 g/mol. The predicted octanol–water partition coefficient (Wildman–Crippen LogP) is 3.41. The third-order valence-corrected chi connectivity index (χ3v) is 5.67. The predicted molar refractivity (Wildman–Crippen MR) is 88.4 cm³/mol. The topological polar surface area (TPSA) is 32.3 Å². The summed E-state index contributed by atoms with van der Waals surface area (Å²) in [6.07, 6.45) is 3.99. The summed E-state index contributed by atoms with van der Waals surface area (Å²) in [5, 5.41) is 0.798. The normalized spacial score (nSPS) is 27.0. The number of halogens is 1. The van der Waals surface area contributed by atoms with Crippen LogP contribution in [0.1, 0.15) is 26.2 Å². The number of aromatic nitrogens is 2. The molecule has 2 aliphatic heterocycles. The SMILES string of the molecule is CC1CN2CCCCC2CN1c1c(Cl)ccc2nsnc12. The van der Waals surface area contributed by atoms with E-state index in [0.717, 1.165) is 34.8 Å². The first-order valence-electron chi connectivity index (χ1n) is 7.65. The second kappa shape index (κ2) is 5.38. The van der Waals surface area contributed by atoms with Gasteiger partial charge in [0.25, 0.3) is 0 Å². The van der Waals surface area contributed by atoms with Gasteiger partial charge in [0.2, 0.25) is 0 Å². The van der Waals surface area contributed by atoms with Crippen molar-refractivity contribution in [2.45, 2.75) is 38.3 Å². The van der Waals surface area contributed by atoms with Crippen molar-refractivity contribution in [2.24, 2.45) is 0 Å². The summed E-state index contributed by atoms with van der Waals surface area (Å²) in [4.78, 5) is 5.11. The molecule has 1 aromatic carbocycles. The van der Waals surface area contributed by atoms with Crippen LogP contribution in [0.4, 0.5) is 5.69 Å². The molecule has 0 bridgehead atoms. The van der Waals surface area contributed by atoms with Crippen molar-refractivity contribution in [3.05, 3.63) is 17.2 Å². The number of rotatable bonds is 1. The van der Waals surface area contributed by atoms with Gasteiger partial charge in [0, 0.05) is 25.2 Å². The molecule has 0 radical (unpaired) electrons. The Balaban J connectivity index is 1.74. The number of piperazine rings is 1. The molecule has 2 atom stereocenters. The van der Waals surface area contributed by atoms with Gasteiger partial charge in [-0.2, -0.15) is 8.75 Å². The molecule has 112 valence electrons. The van der Waals surface area contributed by atoms with E-state index in [0.29, 0.717) is 12.1 Å². The van der Waals surface area contributed by atoms with Crippen molar-refractivity contribution in [1.82, 2.24) is 13.6 Å². The Hall–Kier alpha value is -0.910. The highest BCUT2D eigenvalue weighted by Crippen LogP contribution is 2.37. The summed E-state index contributed by atoms with van der Waals surface area (Å²) < 4.78 is 8.84. The summed E-state index contributed by atoms with van der Waals surface area (Å²) in [7, 11) is 0. The van der Waals surface area contributed by atoms with E-state index in [4.69, 9.17) is 11.6 Å². The molecule has 0 spiro atoms. The molecule has 2 aromatic rings. The number of benzene rings is 1. The van der Waals surface area contributed by atoms with Gasteiger partial charge >= 0.3 is 0 Å². The summed E-state index contributed by atoms with van der Waals surface area (Å²) in [6.45, 7) is 5.71. The molecule has 1 aromatic heterocycles. The number of nitrogens with zero attached hydrogens (tertiary/aromatic N) is 4. The first kappa shape index (κ1) is 13.7. The van der Waals surface area contributed by atoms with Crippen LogP contribution in [0.3, 0.4) is 0 Å². The van der Waals surface area contributed by atoms with Crippen molar-refractivity contribution < 1.29 is 0 Å². The maximum atomic E-state index is 6.52. The smallest absolute Gasteiger partial charge is 0.129 e. The number of hydrogen-bond donors (Lipinski definition) is 0. The fourth-order valence-electron chi connectivity index (χ4n) is 3.75. The van der Waals surface area contributed by atoms with Gasteiger partial charge in [0.15, 0.2) is 0 Å². The highest BCUT2D eigenvalue weighted by Gasteiger charge is 2.34. The Bertz CT molecular complexity index is 658. The van der Waals surface area contributed by atoms with E-state index in [9.17, 15) is 0 Å². The summed E-state index contributed by atoms with van der Waals surface area (Å²) in [6, 6.07) is 5.05. The lowest BCUT2D eigenvalue weighted by Crippen LogP contribution is -2.59. The Labute approximate surface area is 134 Å². The zero-order chi connectivity index (χ0) is 14.4. The van der Waals surface area contributed by atoms with Crippen LogP contribution < -0.4 is 4.90 Å². The van der Waals surface area contributed by atoms with Gasteiger partial charge in [-0.25, -0.2) is 0 Å². The minimum atomic E-state index is 0.462. The minimum Gasteiger partial charge on any atom is -0.363 e. The lowest BCUT2D eigenvalue weighted by atomic mass is 9.96. The molecular formula is C15H19ClN4S. The zero-order valence-corrected chi connectivity index (χ0v) is 13.7. The minimum absolute atomic E-state index is 0.462. The summed E-state index contributed by atoms with van der Waals surface area (Å²) >= 11 is 7.78. The van der Waals surface area contributed by atoms with Crippen LogP contribution >= 0.6 is 23.3 Å². The number of fused-ring (bicyclic) bond motifs is 2. The summed E-state index contributed by atoms with van der Waals surface area (Å²) in [5.41, 5.74) is 3.00. The maximum absolute atomic E-state index is 6.52. The van der Waals surface area contributed by atoms with E-state index in [2.05, 4.69) is 25.5 Å². The van der Waals surface area contributed by atoms with Crippen molar-refractivity contribution in [1.29, 1.82) is 0 Å². The standard InChI is InChI=1S/C15H19ClN4S/c1-10-8-19-7-3-2-4-11(19)9-20(10)15-12(16)5-6-13-14(15)18-21-17-13/h5-6,10-11H,2-4,7-9H2,1H3. The Kier molecular flexibility index (Phi) is 3.52. The van der Waals surface area contributed by atoms with E-state index in [1.54, 1.807) is 0 Å². The Morgan fingerprint density at radius 3 is 3.05 bits per heavy atom. The van der Waals surface area contributed by atoms with Crippen LogP contribution in [-0.2, 0) is 0 Å². The molecule has 3 heterocycles. The highest BCUT2D eigenvalue weighted by atomic mass is 35.5. The lowest BCUT2D eigenvalue weighted by molar-refractivity contribution is 0.116. The number of anilines is 1. The van der Waals surface area contributed by atoms with Crippen LogP contribution in [0, 0.1) is 0 Å². The van der Waals surface area contributed by atoms with E-state index in [-0.39, 0.29) is 0 Å². The molecule has 4 rings (SSSR count). The van der Waals surface area contributed by atoms with Crippen molar-refractivity contribution in [3.63, 3.8) is 0 Å². The molecule has 6 heteroatoms. The fraction of sp³-hybridized carbons (Fsp3) is 0.600. The van der Waals surface area contributed by atoms with Crippen LogP contribution in [0.15, 0.2) is 12.1 Å². The third kappa shape index (κ3) is 2.31. The lowest BCUT2D eigenvalue weighted by Gasteiger charge is -2.48. The van der Waals surface area contributed by atoms with Gasteiger partial charge in [0.1, 0.15) is 11.0 Å². The van der Waals surface area contributed by atoms with Gasteiger partial charge in [-0.1, -0.05) is 18.0 Å². The van der Waals surface area contributed by atoms with Crippen molar-refractivity contribution in [3.8, 4) is 0 Å². The Morgan fingerprint density at radius 2 is 2.14 bits per heavy atom. The quantitative estimate of drug-likeness (QED) is 0.805. The number of hydrogen-bond acceptors (Lipinski definition) is 5. The highest BCUT2D eigenvalue weighted by molar-refractivity contribution is 7.00. The first-order chi connectivity index (χ1) is 10.2. The van der Waals surface area contributed by atoms with Crippen LogP contribution in [-0.4, -0.2) is 45.4 Å². The van der Waals surface area contributed by atoms with Crippen LogP contribution in [0.25, 0.3) is 11.0 Å². The number of piperidine rings is 1. The molecule has 2 fully saturated rings.